The van der Waals surface area contributed by atoms with Gasteiger partial charge < -0.3 is 10.6 Å². The van der Waals surface area contributed by atoms with Crippen molar-refractivity contribution in [2.75, 3.05) is 23.7 Å². The Morgan fingerprint density at radius 1 is 1.20 bits per heavy atom. The average Bonchev–Trinajstić information content (AvgIpc) is 2.60. The summed E-state index contributed by atoms with van der Waals surface area (Å²) in [5, 5.41) is 2.32. The summed E-state index contributed by atoms with van der Waals surface area (Å²) in [4.78, 5) is 14.5. The molecular weight excluding hydrogens is 340 g/mol. The third kappa shape index (κ3) is 6.04. The maximum atomic E-state index is 12.2. The zero-order valence-electron chi connectivity index (χ0n) is 14.6. The van der Waals surface area contributed by atoms with Gasteiger partial charge in [-0.15, -0.1) is 4.40 Å². The normalized spacial score (nSPS) is 15.9. The van der Waals surface area contributed by atoms with Crippen molar-refractivity contribution in [2.24, 2.45) is 10.1 Å². The van der Waals surface area contributed by atoms with Crippen LogP contribution in [0.4, 0.5) is 5.69 Å². The molecule has 0 radical (unpaired) electrons. The summed E-state index contributed by atoms with van der Waals surface area (Å²) in [7, 11) is -3.65. The second kappa shape index (κ2) is 8.84. The van der Waals surface area contributed by atoms with E-state index in [1.165, 1.54) is 19.3 Å². The number of carbonyl (C=O) groups is 1. The van der Waals surface area contributed by atoms with Crippen molar-refractivity contribution in [1.29, 1.82) is 0 Å². The maximum Gasteiger partial charge on any atom is 0.257 e. The van der Waals surface area contributed by atoms with E-state index in [9.17, 15) is 13.2 Å². The molecule has 7 nitrogen and oxygen atoms in total. The van der Waals surface area contributed by atoms with Gasteiger partial charge >= 0.3 is 0 Å². The first-order valence-corrected chi connectivity index (χ1v) is 10.3. The molecule has 0 unspecified atom stereocenters. The lowest BCUT2D eigenvalue weighted by molar-refractivity contribution is 0.0977. The number of benzene rings is 1. The van der Waals surface area contributed by atoms with E-state index < -0.39 is 21.9 Å². The van der Waals surface area contributed by atoms with Gasteiger partial charge in [0.05, 0.1) is 5.75 Å². The lowest BCUT2D eigenvalue weighted by Gasteiger charge is -2.28. The minimum absolute atomic E-state index is 0.0788. The van der Waals surface area contributed by atoms with Crippen LogP contribution in [0.2, 0.25) is 0 Å². The largest absolute Gasteiger partial charge is 0.372 e. The summed E-state index contributed by atoms with van der Waals surface area (Å²) in [6, 6.07) is 7.20. The Bertz CT molecular complexity index is 708. The molecule has 0 bridgehead atoms. The number of amides is 1. The third-order valence-electron chi connectivity index (χ3n) is 4.09. The number of hydrogen-bond acceptors (Lipinski definition) is 4. The van der Waals surface area contributed by atoms with Crippen molar-refractivity contribution in [1.82, 2.24) is 5.32 Å². The monoisotopic (exact) mass is 366 g/mol. The van der Waals surface area contributed by atoms with E-state index in [1.54, 1.807) is 12.1 Å². The second-order valence-corrected chi connectivity index (χ2v) is 7.92. The van der Waals surface area contributed by atoms with Gasteiger partial charge in [0.15, 0.2) is 0 Å². The van der Waals surface area contributed by atoms with Crippen LogP contribution in [0.1, 0.15) is 49.4 Å². The van der Waals surface area contributed by atoms with Gasteiger partial charge in [-0.05, 0) is 49.9 Å². The molecule has 1 aliphatic heterocycles. The molecule has 8 heteroatoms. The number of carbonyl (C=O) groups excluding carboxylic acids is 1. The predicted molar refractivity (Wildman–Crippen MR) is 100 cm³/mol. The molecule has 0 atom stereocenters. The van der Waals surface area contributed by atoms with E-state index in [-0.39, 0.29) is 5.75 Å². The van der Waals surface area contributed by atoms with Crippen molar-refractivity contribution < 1.29 is 13.2 Å². The first kappa shape index (κ1) is 19.2. The molecular formula is C17H26N4O3S. The van der Waals surface area contributed by atoms with Crippen LogP contribution in [-0.2, 0) is 10.0 Å². The SMILES string of the molecule is CCCCS(=O)(=O)/N=C(\N)NC(=O)c1ccc(N2CCCCC2)cc1. The number of nitrogens with zero attached hydrogens (tertiary/aromatic N) is 2. The number of hydrogen-bond donors (Lipinski definition) is 2. The number of unbranched alkanes of at least 4 members (excludes halogenated alkanes) is 1. The van der Waals surface area contributed by atoms with Gasteiger partial charge in [0.1, 0.15) is 0 Å². The smallest absolute Gasteiger partial charge is 0.257 e. The van der Waals surface area contributed by atoms with Gasteiger partial charge in [-0.3, -0.25) is 10.1 Å². The Balaban J connectivity index is 1.98. The number of nitrogens with two attached hydrogens (primary N) is 1. The van der Waals surface area contributed by atoms with E-state index in [4.69, 9.17) is 5.73 Å². The lowest BCUT2D eigenvalue weighted by atomic mass is 10.1. The third-order valence-corrected chi connectivity index (χ3v) is 5.37. The number of nitrogens with one attached hydrogen (secondary N) is 1. The molecule has 138 valence electrons. The molecule has 1 heterocycles. The Hall–Kier alpha value is -2.09. The Labute approximate surface area is 149 Å². The van der Waals surface area contributed by atoms with Gasteiger partial charge in [-0.2, -0.15) is 0 Å². The van der Waals surface area contributed by atoms with E-state index in [1.807, 2.05) is 19.1 Å². The summed E-state index contributed by atoms with van der Waals surface area (Å²) in [5.74, 6) is -0.955. The maximum absolute atomic E-state index is 12.2. The fourth-order valence-corrected chi connectivity index (χ4v) is 3.80. The van der Waals surface area contributed by atoms with E-state index in [0.29, 0.717) is 12.0 Å². The minimum Gasteiger partial charge on any atom is -0.372 e. The fourth-order valence-electron chi connectivity index (χ4n) is 2.71. The summed E-state index contributed by atoms with van der Waals surface area (Å²) >= 11 is 0. The molecule has 1 aliphatic rings. The Kier molecular flexibility index (Phi) is 6.81. The van der Waals surface area contributed by atoms with E-state index in [0.717, 1.165) is 25.2 Å². The standard InChI is InChI=1S/C17H26N4O3S/c1-2-3-13-25(23,24)20-17(18)19-16(22)14-7-9-15(10-8-14)21-11-5-4-6-12-21/h7-10H,2-6,11-13H2,1H3,(H3,18,19,20,22). The lowest BCUT2D eigenvalue weighted by Crippen LogP contribution is -2.37. The first-order valence-electron chi connectivity index (χ1n) is 8.66. The predicted octanol–water partition coefficient (Wildman–Crippen LogP) is 1.85. The van der Waals surface area contributed by atoms with Crippen LogP contribution in [0.15, 0.2) is 28.7 Å². The van der Waals surface area contributed by atoms with E-state index >= 15 is 0 Å². The van der Waals surface area contributed by atoms with Crippen LogP contribution < -0.4 is 16.0 Å². The van der Waals surface area contributed by atoms with E-state index in [2.05, 4.69) is 14.6 Å². The first-order chi connectivity index (χ1) is 11.9. The average molecular weight is 366 g/mol. The zero-order chi connectivity index (χ0) is 18.3. The molecule has 0 aliphatic carbocycles. The van der Waals surface area contributed by atoms with Gasteiger partial charge in [0.2, 0.25) is 5.96 Å². The summed E-state index contributed by atoms with van der Waals surface area (Å²) in [5.41, 5.74) is 7.04. The molecule has 3 N–H and O–H groups in total. The molecule has 1 amide bonds. The number of piperidine rings is 1. The molecule has 0 saturated carbocycles. The van der Waals surface area contributed by atoms with Gasteiger partial charge in [-0.25, -0.2) is 8.42 Å². The van der Waals surface area contributed by atoms with Crippen molar-refractivity contribution in [2.45, 2.75) is 39.0 Å². The highest BCUT2D eigenvalue weighted by Crippen LogP contribution is 2.20. The van der Waals surface area contributed by atoms with Gasteiger partial charge in [0, 0.05) is 24.3 Å². The summed E-state index contributed by atoms with van der Waals surface area (Å²) < 4.78 is 26.9. The van der Waals surface area contributed by atoms with Crippen LogP contribution in [0, 0.1) is 0 Å². The number of guanidine groups is 1. The van der Waals surface area contributed by atoms with Crippen molar-refractivity contribution in [3.63, 3.8) is 0 Å². The highest BCUT2D eigenvalue weighted by molar-refractivity contribution is 7.90. The van der Waals surface area contributed by atoms with Crippen LogP contribution in [-0.4, -0.2) is 39.1 Å². The molecule has 1 saturated heterocycles. The van der Waals surface area contributed by atoms with Crippen LogP contribution in [0.25, 0.3) is 0 Å². The van der Waals surface area contributed by atoms with Crippen molar-refractivity contribution >= 4 is 27.6 Å². The van der Waals surface area contributed by atoms with Crippen molar-refractivity contribution in [3.05, 3.63) is 29.8 Å². The summed E-state index contributed by atoms with van der Waals surface area (Å²) in [6.45, 7) is 3.94. The fraction of sp³-hybridized carbons (Fsp3) is 0.529. The van der Waals surface area contributed by atoms with Crippen LogP contribution in [0.3, 0.4) is 0 Å². The molecule has 2 rings (SSSR count). The van der Waals surface area contributed by atoms with Gasteiger partial charge in [0.25, 0.3) is 15.9 Å². The molecule has 0 spiro atoms. The second-order valence-electron chi connectivity index (χ2n) is 6.16. The summed E-state index contributed by atoms with van der Waals surface area (Å²) in [6.07, 6.45) is 4.87. The highest BCUT2D eigenvalue weighted by Gasteiger charge is 2.14. The highest BCUT2D eigenvalue weighted by atomic mass is 32.2. The van der Waals surface area contributed by atoms with Crippen LogP contribution in [0.5, 0.6) is 0 Å². The number of anilines is 1. The Morgan fingerprint density at radius 2 is 1.84 bits per heavy atom. The molecule has 0 aromatic heterocycles. The molecule has 1 fully saturated rings. The molecule has 1 aromatic carbocycles. The number of rotatable bonds is 6. The Morgan fingerprint density at radius 3 is 2.44 bits per heavy atom. The van der Waals surface area contributed by atoms with Crippen molar-refractivity contribution in [3.8, 4) is 0 Å². The van der Waals surface area contributed by atoms with Gasteiger partial charge in [-0.1, -0.05) is 13.3 Å². The zero-order valence-corrected chi connectivity index (χ0v) is 15.4. The number of sulfonamides is 1. The van der Waals surface area contributed by atoms with Crippen LogP contribution >= 0.6 is 0 Å². The topological polar surface area (TPSA) is 105 Å². The quantitative estimate of drug-likeness (QED) is 0.590. The molecule has 25 heavy (non-hydrogen) atoms. The minimum atomic E-state index is -3.65. The molecule has 1 aromatic rings.